The molecule has 2 atom stereocenters. The number of carboxylic acid groups (broad SMARTS) is 1. The molecule has 0 aliphatic carbocycles. The fourth-order valence-corrected chi connectivity index (χ4v) is 3.85. The second-order valence-electron chi connectivity index (χ2n) is 6.86. The number of hydrogen-bond donors (Lipinski definition) is 3. The minimum Gasteiger partial charge on any atom is -0.508 e. The average Bonchev–Trinajstić information content (AvgIpc) is 3.14. The molecule has 0 spiro atoms. The third kappa shape index (κ3) is 4.56. The summed E-state index contributed by atoms with van der Waals surface area (Å²) in [7, 11) is 1.00. The molecule has 1 aliphatic rings. The average molecular weight is 446 g/mol. The Morgan fingerprint density at radius 2 is 1.90 bits per heavy atom. The van der Waals surface area contributed by atoms with Gasteiger partial charge in [-0.25, -0.2) is 0 Å². The molecule has 2 heterocycles. The van der Waals surface area contributed by atoms with Crippen LogP contribution >= 0.6 is 11.6 Å². The Balaban J connectivity index is 0.00000132. The van der Waals surface area contributed by atoms with Crippen molar-refractivity contribution in [3.63, 3.8) is 0 Å². The number of phenols is 1. The summed E-state index contributed by atoms with van der Waals surface area (Å²) < 4.78 is 8.30. The van der Waals surface area contributed by atoms with Crippen LogP contribution in [0.3, 0.4) is 0 Å². The molecular weight excluding hydrogens is 422 g/mol. The molecule has 0 fully saturated rings. The highest BCUT2D eigenvalue weighted by atomic mass is 35.5. The van der Waals surface area contributed by atoms with Crippen LogP contribution in [-0.2, 0) is 16.0 Å². The summed E-state index contributed by atoms with van der Waals surface area (Å²) in [4.78, 5) is 11.2. The van der Waals surface area contributed by atoms with Crippen molar-refractivity contribution in [2.24, 2.45) is 0 Å². The Hall–Kier alpha value is -2.94. The molecule has 0 bridgehead atoms. The van der Waals surface area contributed by atoms with Crippen molar-refractivity contribution in [3.8, 4) is 11.4 Å². The van der Waals surface area contributed by atoms with Gasteiger partial charge < -0.3 is 20.1 Å². The molecule has 9 heteroatoms. The molecule has 0 amide bonds. The van der Waals surface area contributed by atoms with Gasteiger partial charge in [-0.1, -0.05) is 36.7 Å². The topological polar surface area (TPSA) is 118 Å². The van der Waals surface area contributed by atoms with Crippen molar-refractivity contribution >= 4 is 17.6 Å². The maximum Gasteiger partial charge on any atom is 0.303 e. The van der Waals surface area contributed by atoms with Gasteiger partial charge in [0.25, 0.3) is 0 Å². The largest absolute Gasteiger partial charge is 0.508 e. The van der Waals surface area contributed by atoms with E-state index in [4.69, 9.17) is 21.4 Å². The Labute approximate surface area is 184 Å². The summed E-state index contributed by atoms with van der Waals surface area (Å²) in [5, 5.41) is 35.8. The molecule has 2 aromatic carbocycles. The second kappa shape index (κ2) is 9.91. The molecule has 1 aromatic heterocycles. The number of aromatic nitrogens is 3. The lowest BCUT2D eigenvalue weighted by atomic mass is 9.98. The van der Waals surface area contributed by atoms with Crippen molar-refractivity contribution < 1.29 is 24.9 Å². The number of aliphatic carboxylic acids is 1. The molecule has 8 nitrogen and oxygen atoms in total. The fourth-order valence-electron chi connectivity index (χ4n) is 3.67. The third-order valence-corrected chi connectivity index (χ3v) is 5.25. The zero-order chi connectivity index (χ0) is 22.5. The van der Waals surface area contributed by atoms with E-state index in [-0.39, 0.29) is 18.6 Å². The zero-order valence-electron chi connectivity index (χ0n) is 17.2. The molecule has 0 saturated carbocycles. The van der Waals surface area contributed by atoms with Crippen molar-refractivity contribution in [2.75, 3.05) is 7.11 Å². The van der Waals surface area contributed by atoms with E-state index in [1.807, 2.05) is 23.6 Å². The van der Waals surface area contributed by atoms with Gasteiger partial charge >= 0.3 is 5.97 Å². The number of aryl methyl sites for hydroxylation is 1. The first kappa shape index (κ1) is 22.7. The molecule has 0 saturated heterocycles. The van der Waals surface area contributed by atoms with Crippen molar-refractivity contribution in [1.82, 2.24) is 14.8 Å². The number of aliphatic hydroxyl groups is 1. The Kier molecular flexibility index (Phi) is 7.27. The van der Waals surface area contributed by atoms with Crippen LogP contribution < -0.4 is 0 Å². The summed E-state index contributed by atoms with van der Waals surface area (Å²) in [6.45, 7) is 1.98. The highest BCUT2D eigenvalue weighted by Gasteiger charge is 2.34. The van der Waals surface area contributed by atoms with E-state index in [0.717, 1.165) is 24.2 Å². The number of ether oxygens (including phenoxy) is 1. The number of carbonyl (C=O) groups is 1. The quantitative estimate of drug-likeness (QED) is 0.546. The highest BCUT2D eigenvalue weighted by molar-refractivity contribution is 6.30. The van der Waals surface area contributed by atoms with Gasteiger partial charge in [0.2, 0.25) is 0 Å². The predicted molar refractivity (Wildman–Crippen MR) is 115 cm³/mol. The Morgan fingerprint density at radius 1 is 1.16 bits per heavy atom. The number of carboxylic acids is 1. The standard InChI is InChI=1S/C21H20ClN3O4.CH4O/c1-2-18-23-24-21-17(9-10-19(27)28)29-20(13-5-3-4-6-16(13)26)14-11-12(22)7-8-15(14)25(18)21;1-2/h3-8,11,17,20,26H,2,9-10H2,1H3,(H,27,28);2H,1H3. The maximum absolute atomic E-state index is 11.2. The number of aromatic hydroxyl groups is 1. The summed E-state index contributed by atoms with van der Waals surface area (Å²) in [5.41, 5.74) is 2.14. The van der Waals surface area contributed by atoms with E-state index >= 15 is 0 Å². The van der Waals surface area contributed by atoms with Gasteiger partial charge in [0.1, 0.15) is 23.8 Å². The number of benzene rings is 2. The van der Waals surface area contributed by atoms with Crippen molar-refractivity contribution in [1.29, 1.82) is 0 Å². The van der Waals surface area contributed by atoms with Gasteiger partial charge in [0.15, 0.2) is 5.82 Å². The van der Waals surface area contributed by atoms with E-state index in [1.165, 1.54) is 0 Å². The predicted octanol–water partition coefficient (Wildman–Crippen LogP) is 3.82. The lowest BCUT2D eigenvalue weighted by Gasteiger charge is -2.23. The van der Waals surface area contributed by atoms with Gasteiger partial charge in [-0.2, -0.15) is 0 Å². The molecule has 1 aliphatic heterocycles. The monoisotopic (exact) mass is 445 g/mol. The molecule has 31 heavy (non-hydrogen) atoms. The van der Waals surface area contributed by atoms with Crippen LogP contribution in [0.25, 0.3) is 5.69 Å². The SMILES string of the molecule is CCc1nnc2n1-c1ccc(Cl)cc1C(c1ccccc1O)OC2CCC(=O)O.CO. The maximum atomic E-state index is 11.2. The van der Waals surface area contributed by atoms with Crippen molar-refractivity contribution in [3.05, 3.63) is 70.3 Å². The van der Waals surface area contributed by atoms with Crippen LogP contribution in [-0.4, -0.2) is 43.2 Å². The van der Waals surface area contributed by atoms with Crippen LogP contribution in [0.15, 0.2) is 42.5 Å². The molecule has 3 aromatic rings. The number of aliphatic hydroxyl groups excluding tert-OH is 1. The molecule has 4 rings (SSSR count). The first-order valence-electron chi connectivity index (χ1n) is 9.83. The third-order valence-electron chi connectivity index (χ3n) is 5.01. The number of phenolic OH excluding ortho intramolecular Hbond substituents is 1. The number of nitrogens with zero attached hydrogens (tertiary/aromatic N) is 3. The van der Waals surface area contributed by atoms with E-state index in [0.29, 0.717) is 22.8 Å². The normalized spacial score (nSPS) is 17.0. The summed E-state index contributed by atoms with van der Waals surface area (Å²) in [5.74, 6) is 0.461. The molecule has 2 unspecified atom stereocenters. The van der Waals surface area contributed by atoms with Crippen LogP contribution in [0, 0.1) is 0 Å². The van der Waals surface area contributed by atoms with E-state index in [1.54, 1.807) is 30.3 Å². The fraction of sp³-hybridized carbons (Fsp3) is 0.318. The molecule has 0 radical (unpaired) electrons. The first-order valence-corrected chi connectivity index (χ1v) is 10.2. The first-order chi connectivity index (χ1) is 15.0. The smallest absolute Gasteiger partial charge is 0.303 e. The van der Waals surface area contributed by atoms with Crippen LogP contribution in [0.1, 0.15) is 54.7 Å². The van der Waals surface area contributed by atoms with Gasteiger partial charge in [-0.15, -0.1) is 10.2 Å². The lowest BCUT2D eigenvalue weighted by Crippen LogP contribution is -2.13. The lowest BCUT2D eigenvalue weighted by molar-refractivity contribution is -0.138. The van der Waals surface area contributed by atoms with E-state index in [9.17, 15) is 15.0 Å². The highest BCUT2D eigenvalue weighted by Crippen LogP contribution is 2.44. The number of para-hydroxylation sites is 1. The van der Waals surface area contributed by atoms with E-state index in [2.05, 4.69) is 10.2 Å². The minimum absolute atomic E-state index is 0.0798. The zero-order valence-corrected chi connectivity index (χ0v) is 18.0. The molecule has 164 valence electrons. The Bertz CT molecular complexity index is 1070. The minimum atomic E-state index is -0.917. The summed E-state index contributed by atoms with van der Waals surface area (Å²) in [6, 6.07) is 12.4. The van der Waals surface area contributed by atoms with E-state index < -0.39 is 18.2 Å². The summed E-state index contributed by atoms with van der Waals surface area (Å²) in [6.07, 6.45) is -0.473. The van der Waals surface area contributed by atoms with Crippen LogP contribution in [0.5, 0.6) is 5.75 Å². The van der Waals surface area contributed by atoms with Gasteiger partial charge in [-0.3, -0.25) is 9.36 Å². The van der Waals surface area contributed by atoms with Crippen LogP contribution in [0.2, 0.25) is 5.02 Å². The number of fused-ring (bicyclic) bond motifs is 3. The number of rotatable bonds is 5. The Morgan fingerprint density at radius 3 is 2.58 bits per heavy atom. The van der Waals surface area contributed by atoms with Crippen LogP contribution in [0.4, 0.5) is 0 Å². The van der Waals surface area contributed by atoms with Crippen molar-refractivity contribution in [2.45, 2.75) is 38.4 Å². The molecule has 3 N–H and O–H groups in total. The second-order valence-corrected chi connectivity index (χ2v) is 7.30. The molecular formula is C22H24ClN3O5. The van der Waals surface area contributed by atoms with Gasteiger partial charge in [-0.05, 0) is 30.7 Å². The number of halogens is 1. The van der Waals surface area contributed by atoms with Gasteiger partial charge in [0, 0.05) is 36.1 Å². The van der Waals surface area contributed by atoms with Gasteiger partial charge in [0.05, 0.1) is 5.69 Å². The summed E-state index contributed by atoms with van der Waals surface area (Å²) >= 11 is 6.30. The number of hydrogen-bond acceptors (Lipinski definition) is 6.